The van der Waals surface area contributed by atoms with Crippen molar-refractivity contribution < 1.29 is 4.79 Å². The standard InChI is InChI=1S/C17H33N3O/c1-14(21)16(5-3-4-11-18)19-15-6-8-17(9-7-15)10-12-20(2)13-17/h15-16,19H,3-13,18H2,1-2H3/t15?,16-,17?/m1/s1. The van der Waals surface area contributed by atoms with Gasteiger partial charge in [0.2, 0.25) is 0 Å². The Hall–Kier alpha value is -0.450. The van der Waals surface area contributed by atoms with Gasteiger partial charge in [0.15, 0.2) is 0 Å². The van der Waals surface area contributed by atoms with Gasteiger partial charge in [-0.15, -0.1) is 0 Å². The van der Waals surface area contributed by atoms with Gasteiger partial charge in [-0.1, -0.05) is 6.42 Å². The molecule has 4 heteroatoms. The highest BCUT2D eigenvalue weighted by Gasteiger charge is 2.40. The molecule has 1 saturated carbocycles. The molecular formula is C17H33N3O. The number of Topliss-reactive ketones (excluding diaryl/α,β-unsaturated/α-hetero) is 1. The first-order chi connectivity index (χ1) is 10.0. The molecule has 0 aromatic carbocycles. The first-order valence-electron chi connectivity index (χ1n) is 8.70. The van der Waals surface area contributed by atoms with Crippen molar-refractivity contribution in [1.29, 1.82) is 0 Å². The number of carbonyl (C=O) groups is 1. The van der Waals surface area contributed by atoms with E-state index >= 15 is 0 Å². The molecule has 0 bridgehead atoms. The zero-order valence-corrected chi connectivity index (χ0v) is 13.9. The summed E-state index contributed by atoms with van der Waals surface area (Å²) < 4.78 is 0. The summed E-state index contributed by atoms with van der Waals surface area (Å²) in [5, 5.41) is 3.63. The van der Waals surface area contributed by atoms with Crippen LogP contribution in [0.25, 0.3) is 0 Å². The van der Waals surface area contributed by atoms with E-state index < -0.39 is 0 Å². The van der Waals surface area contributed by atoms with Crippen LogP contribution >= 0.6 is 0 Å². The molecule has 122 valence electrons. The number of likely N-dealkylation sites (tertiary alicyclic amines) is 1. The largest absolute Gasteiger partial charge is 0.330 e. The molecule has 0 unspecified atom stereocenters. The molecule has 0 aromatic rings. The fourth-order valence-electron chi connectivity index (χ4n) is 4.14. The van der Waals surface area contributed by atoms with Gasteiger partial charge in [0.25, 0.3) is 0 Å². The van der Waals surface area contributed by atoms with Crippen molar-refractivity contribution in [3.63, 3.8) is 0 Å². The van der Waals surface area contributed by atoms with Crippen LogP contribution in [0.4, 0.5) is 0 Å². The number of hydrogen-bond acceptors (Lipinski definition) is 4. The highest BCUT2D eigenvalue weighted by Crippen LogP contribution is 2.43. The van der Waals surface area contributed by atoms with Crippen molar-refractivity contribution in [2.24, 2.45) is 11.1 Å². The number of unbranched alkanes of at least 4 members (excludes halogenated alkanes) is 1. The van der Waals surface area contributed by atoms with Crippen LogP contribution in [0.3, 0.4) is 0 Å². The summed E-state index contributed by atoms with van der Waals surface area (Å²) in [6.45, 7) is 4.97. The molecule has 2 fully saturated rings. The first-order valence-corrected chi connectivity index (χ1v) is 8.70. The zero-order chi connectivity index (χ0) is 15.3. The molecule has 1 aliphatic heterocycles. The fourth-order valence-corrected chi connectivity index (χ4v) is 4.14. The van der Waals surface area contributed by atoms with Crippen molar-refractivity contribution in [3.05, 3.63) is 0 Å². The predicted molar refractivity (Wildman–Crippen MR) is 87.3 cm³/mol. The highest BCUT2D eigenvalue weighted by molar-refractivity contribution is 5.81. The molecule has 1 spiro atoms. The molecule has 1 aliphatic carbocycles. The minimum absolute atomic E-state index is 0.0434. The lowest BCUT2D eigenvalue weighted by Crippen LogP contribution is -2.46. The van der Waals surface area contributed by atoms with E-state index in [1.807, 2.05) is 0 Å². The Bertz CT molecular complexity index is 337. The van der Waals surface area contributed by atoms with E-state index in [4.69, 9.17) is 5.73 Å². The normalized spacial score (nSPS) is 31.7. The van der Waals surface area contributed by atoms with E-state index in [9.17, 15) is 4.79 Å². The molecule has 1 atom stereocenters. The summed E-state index contributed by atoms with van der Waals surface area (Å²) in [5.74, 6) is 0.285. The Morgan fingerprint density at radius 1 is 1.33 bits per heavy atom. The van der Waals surface area contributed by atoms with Crippen LogP contribution in [0.1, 0.15) is 58.3 Å². The third-order valence-corrected chi connectivity index (χ3v) is 5.55. The van der Waals surface area contributed by atoms with Crippen LogP contribution in [0.5, 0.6) is 0 Å². The molecule has 1 saturated heterocycles. The number of nitrogens with zero attached hydrogens (tertiary/aromatic N) is 1. The van der Waals surface area contributed by atoms with Crippen LogP contribution in [0, 0.1) is 5.41 Å². The van der Waals surface area contributed by atoms with Gasteiger partial charge in [0, 0.05) is 12.6 Å². The summed E-state index contributed by atoms with van der Waals surface area (Å²) in [4.78, 5) is 14.3. The smallest absolute Gasteiger partial charge is 0.146 e. The predicted octanol–water partition coefficient (Wildman–Crippen LogP) is 1.93. The monoisotopic (exact) mass is 295 g/mol. The second-order valence-electron chi connectivity index (χ2n) is 7.38. The van der Waals surface area contributed by atoms with Gasteiger partial charge in [-0.05, 0) is 77.4 Å². The van der Waals surface area contributed by atoms with Crippen LogP contribution in [-0.2, 0) is 4.79 Å². The lowest BCUT2D eigenvalue weighted by molar-refractivity contribution is -0.119. The second kappa shape index (κ2) is 7.70. The fraction of sp³-hybridized carbons (Fsp3) is 0.941. The van der Waals surface area contributed by atoms with Crippen LogP contribution in [0.15, 0.2) is 0 Å². The van der Waals surface area contributed by atoms with Crippen molar-refractivity contribution >= 4 is 5.78 Å². The van der Waals surface area contributed by atoms with Crippen LogP contribution in [0.2, 0.25) is 0 Å². The number of nitrogens with one attached hydrogen (secondary N) is 1. The van der Waals surface area contributed by atoms with Gasteiger partial charge in [0.05, 0.1) is 6.04 Å². The zero-order valence-electron chi connectivity index (χ0n) is 13.9. The van der Waals surface area contributed by atoms with Crippen molar-refractivity contribution in [1.82, 2.24) is 10.2 Å². The van der Waals surface area contributed by atoms with Crippen molar-refractivity contribution in [2.75, 3.05) is 26.7 Å². The molecule has 2 aliphatic rings. The molecule has 4 nitrogen and oxygen atoms in total. The van der Waals surface area contributed by atoms with E-state index in [2.05, 4.69) is 17.3 Å². The minimum Gasteiger partial charge on any atom is -0.330 e. The molecule has 0 radical (unpaired) electrons. The maximum Gasteiger partial charge on any atom is 0.146 e. The quantitative estimate of drug-likeness (QED) is 0.705. The van der Waals surface area contributed by atoms with Crippen molar-refractivity contribution in [3.8, 4) is 0 Å². The topological polar surface area (TPSA) is 58.4 Å². The Labute approximate surface area is 129 Å². The van der Waals surface area contributed by atoms with Gasteiger partial charge < -0.3 is 16.0 Å². The van der Waals surface area contributed by atoms with E-state index in [-0.39, 0.29) is 11.8 Å². The van der Waals surface area contributed by atoms with E-state index in [0.29, 0.717) is 11.5 Å². The molecular weight excluding hydrogens is 262 g/mol. The number of nitrogens with two attached hydrogens (primary N) is 1. The maximum atomic E-state index is 11.8. The highest BCUT2D eigenvalue weighted by atomic mass is 16.1. The molecule has 1 heterocycles. The molecule has 21 heavy (non-hydrogen) atoms. The SMILES string of the molecule is CC(=O)[C@@H](CCCCN)NC1CCC2(CC1)CCN(C)C2. The average Bonchev–Trinajstić information content (AvgIpc) is 2.81. The summed E-state index contributed by atoms with van der Waals surface area (Å²) >= 11 is 0. The van der Waals surface area contributed by atoms with Gasteiger partial charge in [0.1, 0.15) is 5.78 Å². The number of ketones is 1. The average molecular weight is 295 g/mol. The Morgan fingerprint density at radius 3 is 2.57 bits per heavy atom. The molecule has 3 N–H and O–H groups in total. The molecule has 0 aromatic heterocycles. The lowest BCUT2D eigenvalue weighted by Gasteiger charge is -2.38. The number of rotatable bonds is 7. The Kier molecular flexibility index (Phi) is 6.20. The minimum atomic E-state index is 0.0434. The van der Waals surface area contributed by atoms with Crippen LogP contribution in [-0.4, -0.2) is 49.4 Å². The van der Waals surface area contributed by atoms with E-state index in [1.165, 1.54) is 45.2 Å². The number of hydrogen-bond donors (Lipinski definition) is 2. The summed E-state index contributed by atoms with van der Waals surface area (Å²) in [5.41, 5.74) is 6.12. The maximum absolute atomic E-state index is 11.8. The van der Waals surface area contributed by atoms with Gasteiger partial charge >= 0.3 is 0 Å². The van der Waals surface area contributed by atoms with Gasteiger partial charge in [-0.25, -0.2) is 0 Å². The first kappa shape index (κ1) is 16.9. The van der Waals surface area contributed by atoms with E-state index in [1.54, 1.807) is 6.92 Å². The Morgan fingerprint density at radius 2 is 2.05 bits per heavy atom. The summed E-state index contributed by atoms with van der Waals surface area (Å²) in [6.07, 6.45) is 9.48. The third kappa shape index (κ3) is 4.76. The van der Waals surface area contributed by atoms with E-state index in [0.717, 1.165) is 25.8 Å². The van der Waals surface area contributed by atoms with Gasteiger partial charge in [-0.2, -0.15) is 0 Å². The lowest BCUT2D eigenvalue weighted by atomic mass is 9.72. The van der Waals surface area contributed by atoms with Crippen LogP contribution < -0.4 is 11.1 Å². The third-order valence-electron chi connectivity index (χ3n) is 5.55. The Balaban J connectivity index is 1.77. The second-order valence-corrected chi connectivity index (χ2v) is 7.38. The summed E-state index contributed by atoms with van der Waals surface area (Å²) in [6, 6.07) is 0.579. The molecule has 0 amide bonds. The van der Waals surface area contributed by atoms with Gasteiger partial charge in [-0.3, -0.25) is 4.79 Å². The summed E-state index contributed by atoms with van der Waals surface area (Å²) in [7, 11) is 2.24. The number of carbonyl (C=O) groups excluding carboxylic acids is 1. The molecule has 2 rings (SSSR count). The van der Waals surface area contributed by atoms with Crippen molar-refractivity contribution in [2.45, 2.75) is 70.4 Å².